The van der Waals surface area contributed by atoms with Crippen LogP contribution < -0.4 is 5.32 Å². The number of carbonyl (C=O) groups is 1. The Labute approximate surface area is 157 Å². The highest BCUT2D eigenvalue weighted by molar-refractivity contribution is 5.90. The van der Waals surface area contributed by atoms with Crippen LogP contribution in [0.3, 0.4) is 0 Å². The van der Waals surface area contributed by atoms with Gasteiger partial charge in [0, 0.05) is 37.3 Å². The van der Waals surface area contributed by atoms with Crippen LogP contribution in [-0.2, 0) is 11.3 Å². The first-order chi connectivity index (χ1) is 13.3. The molecule has 1 N–H and O–H groups in total. The summed E-state index contributed by atoms with van der Waals surface area (Å²) in [5.74, 6) is -0.122. The molecule has 138 valence electrons. The maximum Gasteiger partial charge on any atom is 0.289 e. The standard InChI is InChI=1S/C20H21N5O2/c26-20(19-21-9-4-10-22-19)23-14-15-5-3-6-16(13-15)17-8-11-24-25(17)18-7-1-2-12-27-18/h3-6,8-11,13,18H,1-2,7,12,14H2,(H,23,26)/t18-/m1/s1. The Morgan fingerprint density at radius 2 is 2.04 bits per heavy atom. The summed E-state index contributed by atoms with van der Waals surface area (Å²) in [6.07, 6.45) is 8.12. The van der Waals surface area contributed by atoms with Crippen molar-refractivity contribution < 1.29 is 9.53 Å². The van der Waals surface area contributed by atoms with Crippen LogP contribution in [0.15, 0.2) is 55.0 Å². The van der Waals surface area contributed by atoms with Gasteiger partial charge in [-0.05, 0) is 43.0 Å². The van der Waals surface area contributed by atoms with Gasteiger partial charge in [0.1, 0.15) is 0 Å². The lowest BCUT2D eigenvalue weighted by atomic mass is 10.1. The molecule has 1 aliphatic rings. The van der Waals surface area contributed by atoms with E-state index in [9.17, 15) is 4.79 Å². The number of hydrogen-bond acceptors (Lipinski definition) is 5. The van der Waals surface area contributed by atoms with Crippen molar-refractivity contribution in [3.8, 4) is 11.3 Å². The number of benzene rings is 1. The molecule has 0 spiro atoms. The van der Waals surface area contributed by atoms with Gasteiger partial charge < -0.3 is 10.1 Å². The first-order valence-electron chi connectivity index (χ1n) is 9.11. The second kappa shape index (κ2) is 8.09. The maximum atomic E-state index is 12.1. The van der Waals surface area contributed by atoms with Crippen LogP contribution in [0.1, 0.15) is 41.7 Å². The summed E-state index contributed by atoms with van der Waals surface area (Å²) >= 11 is 0. The van der Waals surface area contributed by atoms with Gasteiger partial charge in [-0.15, -0.1) is 0 Å². The van der Waals surface area contributed by atoms with Gasteiger partial charge in [0.05, 0.1) is 5.69 Å². The van der Waals surface area contributed by atoms with Gasteiger partial charge in [0.25, 0.3) is 5.91 Å². The molecular weight excluding hydrogens is 342 g/mol. The lowest BCUT2D eigenvalue weighted by molar-refractivity contribution is -0.0383. The van der Waals surface area contributed by atoms with Gasteiger partial charge in [-0.3, -0.25) is 4.79 Å². The zero-order valence-corrected chi connectivity index (χ0v) is 14.9. The molecule has 1 amide bonds. The molecule has 1 aromatic carbocycles. The zero-order valence-electron chi connectivity index (χ0n) is 14.9. The Morgan fingerprint density at radius 3 is 2.85 bits per heavy atom. The van der Waals surface area contributed by atoms with Crippen molar-refractivity contribution >= 4 is 5.91 Å². The molecule has 1 atom stereocenters. The molecule has 3 heterocycles. The Kier molecular flexibility index (Phi) is 5.20. The van der Waals surface area contributed by atoms with Gasteiger partial charge >= 0.3 is 0 Å². The summed E-state index contributed by atoms with van der Waals surface area (Å²) < 4.78 is 7.83. The number of rotatable bonds is 5. The number of nitrogens with zero attached hydrogens (tertiary/aromatic N) is 4. The SMILES string of the molecule is O=C(NCc1cccc(-c2ccnn2[C@H]2CCCCO2)c1)c1ncccn1. The van der Waals surface area contributed by atoms with E-state index in [0.29, 0.717) is 6.54 Å². The third kappa shape index (κ3) is 4.03. The Hall–Kier alpha value is -3.06. The number of carbonyl (C=O) groups excluding carboxylic acids is 1. The van der Waals surface area contributed by atoms with Crippen molar-refractivity contribution in [2.75, 3.05) is 6.61 Å². The number of aromatic nitrogens is 4. The van der Waals surface area contributed by atoms with E-state index < -0.39 is 0 Å². The van der Waals surface area contributed by atoms with Crippen LogP contribution in [0, 0.1) is 0 Å². The largest absolute Gasteiger partial charge is 0.356 e. The first-order valence-corrected chi connectivity index (χ1v) is 9.11. The molecular formula is C20H21N5O2. The minimum absolute atomic E-state index is 0.0117. The second-order valence-corrected chi connectivity index (χ2v) is 6.44. The van der Waals surface area contributed by atoms with Crippen LogP contribution in [0.2, 0.25) is 0 Å². The van der Waals surface area contributed by atoms with Crippen LogP contribution >= 0.6 is 0 Å². The fourth-order valence-corrected chi connectivity index (χ4v) is 3.21. The normalized spacial score (nSPS) is 16.8. The van der Waals surface area contributed by atoms with Gasteiger partial charge in [-0.1, -0.05) is 18.2 Å². The molecule has 0 bridgehead atoms. The highest BCUT2D eigenvalue weighted by Gasteiger charge is 2.19. The Balaban J connectivity index is 1.48. The third-order valence-corrected chi connectivity index (χ3v) is 4.54. The van der Waals surface area contributed by atoms with E-state index in [4.69, 9.17) is 4.74 Å². The van der Waals surface area contributed by atoms with E-state index in [-0.39, 0.29) is 18.0 Å². The second-order valence-electron chi connectivity index (χ2n) is 6.44. The van der Waals surface area contributed by atoms with E-state index in [1.54, 1.807) is 24.7 Å². The zero-order chi connectivity index (χ0) is 18.5. The van der Waals surface area contributed by atoms with Gasteiger partial charge in [-0.25, -0.2) is 14.6 Å². The smallest absolute Gasteiger partial charge is 0.289 e. The molecule has 0 saturated carbocycles. The van der Waals surface area contributed by atoms with Crippen LogP contribution in [0.5, 0.6) is 0 Å². The highest BCUT2D eigenvalue weighted by Crippen LogP contribution is 2.28. The van der Waals surface area contributed by atoms with Gasteiger partial charge in [0.2, 0.25) is 5.82 Å². The summed E-state index contributed by atoms with van der Waals surface area (Å²) in [4.78, 5) is 20.1. The molecule has 0 aliphatic carbocycles. The molecule has 7 heteroatoms. The van der Waals surface area contributed by atoms with Crippen LogP contribution in [-0.4, -0.2) is 32.3 Å². The van der Waals surface area contributed by atoms with E-state index in [1.807, 2.05) is 28.9 Å². The molecule has 2 aromatic heterocycles. The topological polar surface area (TPSA) is 81.9 Å². The highest BCUT2D eigenvalue weighted by atomic mass is 16.5. The fraction of sp³-hybridized carbons (Fsp3) is 0.300. The lowest BCUT2D eigenvalue weighted by Gasteiger charge is -2.24. The number of hydrogen-bond donors (Lipinski definition) is 1. The summed E-state index contributed by atoms with van der Waals surface area (Å²) in [6, 6.07) is 11.7. The number of nitrogens with one attached hydrogen (secondary N) is 1. The molecule has 1 aliphatic heterocycles. The van der Waals surface area contributed by atoms with E-state index in [0.717, 1.165) is 42.7 Å². The van der Waals surface area contributed by atoms with Crippen LogP contribution in [0.25, 0.3) is 11.3 Å². The molecule has 27 heavy (non-hydrogen) atoms. The molecule has 7 nitrogen and oxygen atoms in total. The van der Waals surface area contributed by atoms with Crippen LogP contribution in [0.4, 0.5) is 0 Å². The van der Waals surface area contributed by atoms with Crippen molar-refractivity contribution in [2.45, 2.75) is 32.0 Å². The summed E-state index contributed by atoms with van der Waals surface area (Å²) in [6.45, 7) is 1.18. The molecule has 1 saturated heterocycles. The lowest BCUT2D eigenvalue weighted by Crippen LogP contribution is -2.24. The third-order valence-electron chi connectivity index (χ3n) is 4.54. The fourth-order valence-electron chi connectivity index (χ4n) is 3.21. The number of amides is 1. The molecule has 0 unspecified atom stereocenters. The molecule has 0 radical (unpaired) electrons. The first kappa shape index (κ1) is 17.4. The average molecular weight is 363 g/mol. The summed E-state index contributed by atoms with van der Waals surface area (Å²) in [5, 5.41) is 7.32. The minimum atomic E-state index is -0.290. The van der Waals surface area contributed by atoms with Crippen molar-refractivity contribution in [2.24, 2.45) is 0 Å². The number of ether oxygens (including phenoxy) is 1. The van der Waals surface area contributed by atoms with Gasteiger partial charge in [-0.2, -0.15) is 5.10 Å². The average Bonchev–Trinajstić information content (AvgIpc) is 3.23. The molecule has 1 fully saturated rings. The summed E-state index contributed by atoms with van der Waals surface area (Å²) in [5.41, 5.74) is 3.06. The Morgan fingerprint density at radius 1 is 1.15 bits per heavy atom. The van der Waals surface area contributed by atoms with E-state index in [1.165, 1.54) is 0 Å². The van der Waals surface area contributed by atoms with Crippen molar-refractivity contribution in [1.29, 1.82) is 0 Å². The Bertz CT molecular complexity index is 904. The van der Waals surface area contributed by atoms with Gasteiger partial charge in [0.15, 0.2) is 6.23 Å². The van der Waals surface area contributed by atoms with E-state index >= 15 is 0 Å². The van der Waals surface area contributed by atoms with Crippen molar-refractivity contribution in [3.05, 3.63) is 66.4 Å². The monoisotopic (exact) mass is 363 g/mol. The molecule has 4 rings (SSSR count). The quantitative estimate of drug-likeness (QED) is 0.754. The van der Waals surface area contributed by atoms with E-state index in [2.05, 4.69) is 26.4 Å². The van der Waals surface area contributed by atoms with Crippen molar-refractivity contribution in [1.82, 2.24) is 25.1 Å². The summed E-state index contributed by atoms with van der Waals surface area (Å²) in [7, 11) is 0. The van der Waals surface area contributed by atoms with Crippen molar-refractivity contribution in [3.63, 3.8) is 0 Å². The molecule has 3 aromatic rings. The maximum absolute atomic E-state index is 12.1. The predicted molar refractivity (Wildman–Crippen MR) is 99.7 cm³/mol. The minimum Gasteiger partial charge on any atom is -0.356 e. The predicted octanol–water partition coefficient (Wildman–Crippen LogP) is 2.97.